The van der Waals surface area contributed by atoms with E-state index in [2.05, 4.69) is 107 Å². The van der Waals surface area contributed by atoms with E-state index in [4.69, 9.17) is 0 Å². The van der Waals surface area contributed by atoms with Gasteiger partial charge in [-0.25, -0.2) is 0 Å². The third-order valence-electron chi connectivity index (χ3n) is 2.37. The zero-order valence-corrected chi connectivity index (χ0v) is 15.5. The molecular formula is C13H8Br3I. The van der Waals surface area contributed by atoms with Gasteiger partial charge in [0, 0.05) is 12.5 Å². The first-order valence-electron chi connectivity index (χ1n) is 4.92. The normalized spacial score (nSPS) is 12.5. The van der Waals surface area contributed by atoms with E-state index in [9.17, 15) is 0 Å². The highest BCUT2D eigenvalue weighted by molar-refractivity contribution is 14.1. The standard InChI is InChI=1S/C13H8Br3I/c14-9-4-5-12(15)11(7-9)13(16)8-2-1-3-10(17)6-8/h1-7,13H. The molecule has 2 aromatic carbocycles. The van der Waals surface area contributed by atoms with Crippen molar-refractivity contribution in [2.45, 2.75) is 4.83 Å². The van der Waals surface area contributed by atoms with Gasteiger partial charge in [0.25, 0.3) is 0 Å². The summed E-state index contributed by atoms with van der Waals surface area (Å²) in [6, 6.07) is 14.7. The van der Waals surface area contributed by atoms with Crippen LogP contribution in [-0.2, 0) is 0 Å². The number of halogens is 4. The van der Waals surface area contributed by atoms with E-state index < -0.39 is 0 Å². The first-order valence-corrected chi connectivity index (χ1v) is 8.50. The minimum absolute atomic E-state index is 0.198. The summed E-state index contributed by atoms with van der Waals surface area (Å²) in [4.78, 5) is 0.198. The van der Waals surface area contributed by atoms with Crippen LogP contribution < -0.4 is 0 Å². The fourth-order valence-corrected chi connectivity index (χ4v) is 3.94. The van der Waals surface area contributed by atoms with Gasteiger partial charge in [-0.1, -0.05) is 59.9 Å². The van der Waals surface area contributed by atoms with Crippen molar-refractivity contribution in [1.82, 2.24) is 0 Å². The van der Waals surface area contributed by atoms with Gasteiger partial charge in [0.1, 0.15) is 0 Å². The Labute approximate surface area is 140 Å². The average molecular weight is 531 g/mol. The molecule has 4 heteroatoms. The van der Waals surface area contributed by atoms with Crippen LogP contribution in [0, 0.1) is 3.57 Å². The largest absolute Gasteiger partial charge is 0.0786 e. The van der Waals surface area contributed by atoms with Gasteiger partial charge in [0.2, 0.25) is 0 Å². The van der Waals surface area contributed by atoms with Crippen LogP contribution in [0.15, 0.2) is 51.4 Å². The average Bonchev–Trinajstić information content (AvgIpc) is 2.31. The highest BCUT2D eigenvalue weighted by Gasteiger charge is 2.14. The lowest BCUT2D eigenvalue weighted by atomic mass is 10.1. The Hall–Kier alpha value is 0.610. The van der Waals surface area contributed by atoms with Crippen LogP contribution in [0.3, 0.4) is 0 Å². The molecule has 0 aliphatic carbocycles. The van der Waals surface area contributed by atoms with Gasteiger partial charge in [-0.2, -0.15) is 0 Å². The van der Waals surface area contributed by atoms with Crippen molar-refractivity contribution in [2.75, 3.05) is 0 Å². The molecule has 17 heavy (non-hydrogen) atoms. The number of hydrogen-bond donors (Lipinski definition) is 0. The Morgan fingerprint density at radius 3 is 2.47 bits per heavy atom. The van der Waals surface area contributed by atoms with E-state index in [1.54, 1.807) is 0 Å². The van der Waals surface area contributed by atoms with Crippen LogP contribution in [0.25, 0.3) is 0 Å². The van der Waals surface area contributed by atoms with Crippen LogP contribution in [0.1, 0.15) is 16.0 Å². The topological polar surface area (TPSA) is 0 Å². The Bertz CT molecular complexity index is 540. The highest BCUT2D eigenvalue weighted by atomic mass is 127. The SMILES string of the molecule is Brc1ccc(Br)c(C(Br)c2cccc(I)c2)c1. The van der Waals surface area contributed by atoms with Gasteiger partial charge in [0.05, 0.1) is 4.83 Å². The van der Waals surface area contributed by atoms with E-state index >= 15 is 0 Å². The molecule has 0 aromatic heterocycles. The maximum Gasteiger partial charge on any atom is 0.0656 e. The van der Waals surface area contributed by atoms with E-state index in [-0.39, 0.29) is 4.83 Å². The molecule has 0 heterocycles. The molecule has 0 spiro atoms. The Balaban J connectivity index is 2.43. The number of rotatable bonds is 2. The van der Waals surface area contributed by atoms with Crippen molar-refractivity contribution in [3.8, 4) is 0 Å². The fraction of sp³-hybridized carbons (Fsp3) is 0.0769. The van der Waals surface area contributed by atoms with Gasteiger partial charge in [-0.15, -0.1) is 0 Å². The summed E-state index contributed by atoms with van der Waals surface area (Å²) >= 11 is 13.2. The maximum absolute atomic E-state index is 3.76. The first kappa shape index (κ1) is 14.0. The van der Waals surface area contributed by atoms with E-state index in [1.807, 2.05) is 6.07 Å². The van der Waals surface area contributed by atoms with Gasteiger partial charge >= 0.3 is 0 Å². The molecule has 0 bridgehead atoms. The van der Waals surface area contributed by atoms with E-state index in [0.717, 1.165) is 8.95 Å². The second kappa shape index (κ2) is 6.17. The van der Waals surface area contributed by atoms with Crippen LogP contribution in [-0.4, -0.2) is 0 Å². The monoisotopic (exact) mass is 528 g/mol. The molecule has 0 aliphatic heterocycles. The van der Waals surface area contributed by atoms with Gasteiger partial charge < -0.3 is 0 Å². The third-order valence-corrected chi connectivity index (χ3v) is 5.28. The molecule has 0 amide bonds. The third kappa shape index (κ3) is 3.55. The van der Waals surface area contributed by atoms with Crippen molar-refractivity contribution in [2.24, 2.45) is 0 Å². The molecule has 88 valence electrons. The lowest BCUT2D eigenvalue weighted by molar-refractivity contribution is 1.16. The van der Waals surface area contributed by atoms with Gasteiger partial charge in [-0.3, -0.25) is 0 Å². The molecule has 2 rings (SSSR count). The predicted octanol–water partition coefficient (Wildman–Crippen LogP) is 6.30. The Morgan fingerprint density at radius 2 is 1.76 bits per heavy atom. The highest BCUT2D eigenvalue weighted by Crippen LogP contribution is 2.37. The van der Waals surface area contributed by atoms with Crippen LogP contribution in [0.2, 0.25) is 0 Å². The van der Waals surface area contributed by atoms with Crippen molar-refractivity contribution in [1.29, 1.82) is 0 Å². The van der Waals surface area contributed by atoms with Gasteiger partial charge in [-0.05, 0) is 64.0 Å². The summed E-state index contributed by atoms with van der Waals surface area (Å²) in [7, 11) is 0. The van der Waals surface area contributed by atoms with Gasteiger partial charge in [0.15, 0.2) is 0 Å². The summed E-state index contributed by atoms with van der Waals surface area (Å²) in [5.74, 6) is 0. The minimum atomic E-state index is 0.198. The van der Waals surface area contributed by atoms with Crippen molar-refractivity contribution < 1.29 is 0 Å². The number of alkyl halides is 1. The molecule has 0 saturated carbocycles. The summed E-state index contributed by atoms with van der Waals surface area (Å²) in [6.45, 7) is 0. The van der Waals surface area contributed by atoms with Crippen LogP contribution in [0.4, 0.5) is 0 Å². The Kier molecular flexibility index (Phi) is 5.09. The maximum atomic E-state index is 3.76. The minimum Gasteiger partial charge on any atom is -0.0786 e. The molecule has 0 N–H and O–H groups in total. The van der Waals surface area contributed by atoms with Crippen molar-refractivity contribution in [3.05, 3.63) is 66.1 Å². The molecule has 2 aromatic rings. The zero-order chi connectivity index (χ0) is 12.4. The lowest BCUT2D eigenvalue weighted by Gasteiger charge is -2.13. The second-order valence-corrected chi connectivity index (χ2v) is 7.51. The zero-order valence-electron chi connectivity index (χ0n) is 8.63. The molecule has 1 unspecified atom stereocenters. The van der Waals surface area contributed by atoms with E-state index in [0.29, 0.717) is 0 Å². The molecule has 0 radical (unpaired) electrons. The van der Waals surface area contributed by atoms with Crippen LogP contribution >= 0.6 is 70.4 Å². The summed E-state index contributed by atoms with van der Waals surface area (Å²) < 4.78 is 3.45. The fourth-order valence-electron chi connectivity index (χ4n) is 1.55. The molecule has 1 atom stereocenters. The second-order valence-electron chi connectivity index (χ2n) is 3.58. The summed E-state index contributed by atoms with van der Waals surface area (Å²) in [5, 5.41) is 0. The molecule has 0 saturated heterocycles. The summed E-state index contributed by atoms with van der Waals surface area (Å²) in [5.41, 5.74) is 2.48. The first-order chi connectivity index (χ1) is 8.08. The molecule has 0 aliphatic rings. The quantitative estimate of drug-likeness (QED) is 0.316. The van der Waals surface area contributed by atoms with Crippen LogP contribution in [0.5, 0.6) is 0 Å². The lowest BCUT2D eigenvalue weighted by Crippen LogP contribution is -1.94. The predicted molar refractivity (Wildman–Crippen MR) is 91.8 cm³/mol. The molecular weight excluding hydrogens is 523 g/mol. The number of benzene rings is 2. The Morgan fingerprint density at radius 1 is 1.00 bits per heavy atom. The van der Waals surface area contributed by atoms with Crippen molar-refractivity contribution in [3.63, 3.8) is 0 Å². The van der Waals surface area contributed by atoms with Crippen molar-refractivity contribution >= 4 is 70.4 Å². The smallest absolute Gasteiger partial charge is 0.0656 e. The van der Waals surface area contributed by atoms with E-state index in [1.165, 1.54) is 14.7 Å². The number of hydrogen-bond acceptors (Lipinski definition) is 0. The summed E-state index contributed by atoms with van der Waals surface area (Å²) in [6.07, 6.45) is 0. The molecule has 0 nitrogen and oxygen atoms in total. The molecule has 0 fully saturated rings.